The van der Waals surface area contributed by atoms with Crippen molar-refractivity contribution in [2.45, 2.75) is 32.7 Å². The standard InChI is InChI=1S/C15H21N3O3/c1-3-21-15(20)18-9-6-12(7-10-18)17-14-13(11(2)19)5-4-8-16-14/h4-5,8,12H,3,6-7,9-10H2,1-2H3,(H,16,17). The van der Waals surface area contributed by atoms with E-state index in [4.69, 9.17) is 4.74 Å². The van der Waals surface area contributed by atoms with Crippen molar-refractivity contribution in [3.63, 3.8) is 0 Å². The predicted octanol–water partition coefficient (Wildman–Crippen LogP) is 2.32. The highest BCUT2D eigenvalue weighted by atomic mass is 16.6. The number of ether oxygens (including phenoxy) is 1. The zero-order valence-electron chi connectivity index (χ0n) is 12.5. The zero-order chi connectivity index (χ0) is 15.2. The number of piperidine rings is 1. The Kier molecular flexibility index (Phi) is 5.14. The number of hydrogen-bond acceptors (Lipinski definition) is 5. The molecule has 6 heteroatoms. The molecule has 1 aromatic heterocycles. The van der Waals surface area contributed by atoms with Crippen LogP contribution in [0.3, 0.4) is 0 Å². The quantitative estimate of drug-likeness (QED) is 0.862. The lowest BCUT2D eigenvalue weighted by atomic mass is 10.0. The topological polar surface area (TPSA) is 71.5 Å². The van der Waals surface area contributed by atoms with E-state index in [1.54, 1.807) is 30.2 Å². The van der Waals surface area contributed by atoms with Gasteiger partial charge in [0.15, 0.2) is 5.78 Å². The molecule has 0 saturated carbocycles. The van der Waals surface area contributed by atoms with Gasteiger partial charge < -0.3 is 15.0 Å². The summed E-state index contributed by atoms with van der Waals surface area (Å²) in [5.41, 5.74) is 0.602. The van der Waals surface area contributed by atoms with Crippen LogP contribution in [0.25, 0.3) is 0 Å². The van der Waals surface area contributed by atoms with Gasteiger partial charge in [0, 0.05) is 25.3 Å². The fourth-order valence-corrected chi connectivity index (χ4v) is 2.42. The number of likely N-dealkylation sites (tertiary alicyclic amines) is 1. The summed E-state index contributed by atoms with van der Waals surface area (Å²) in [6, 6.07) is 3.74. The molecule has 21 heavy (non-hydrogen) atoms. The molecule has 6 nitrogen and oxygen atoms in total. The average Bonchev–Trinajstić information content (AvgIpc) is 2.48. The Morgan fingerprint density at radius 2 is 2.14 bits per heavy atom. The number of ketones is 1. The van der Waals surface area contributed by atoms with Crippen molar-refractivity contribution in [3.05, 3.63) is 23.9 Å². The predicted molar refractivity (Wildman–Crippen MR) is 79.5 cm³/mol. The van der Waals surface area contributed by atoms with Gasteiger partial charge in [-0.1, -0.05) is 0 Å². The summed E-state index contributed by atoms with van der Waals surface area (Å²) < 4.78 is 5.00. The summed E-state index contributed by atoms with van der Waals surface area (Å²) in [7, 11) is 0. The number of carbonyl (C=O) groups is 2. The minimum absolute atomic E-state index is 0.00504. The van der Waals surface area contributed by atoms with Crippen LogP contribution in [-0.2, 0) is 4.74 Å². The molecule has 0 bridgehead atoms. The molecule has 1 fully saturated rings. The summed E-state index contributed by atoms with van der Waals surface area (Å²) in [6.45, 7) is 5.03. The van der Waals surface area contributed by atoms with Crippen LogP contribution in [0.1, 0.15) is 37.0 Å². The highest BCUT2D eigenvalue weighted by Gasteiger charge is 2.24. The Morgan fingerprint density at radius 3 is 2.76 bits per heavy atom. The number of amides is 1. The van der Waals surface area contributed by atoms with Crippen LogP contribution in [0, 0.1) is 0 Å². The second-order valence-electron chi connectivity index (χ2n) is 5.06. The fourth-order valence-electron chi connectivity index (χ4n) is 2.42. The lowest BCUT2D eigenvalue weighted by Gasteiger charge is -2.32. The molecule has 1 aliphatic rings. The monoisotopic (exact) mass is 291 g/mol. The second-order valence-corrected chi connectivity index (χ2v) is 5.06. The number of aromatic nitrogens is 1. The average molecular weight is 291 g/mol. The Hall–Kier alpha value is -2.11. The van der Waals surface area contributed by atoms with Crippen molar-refractivity contribution in [2.24, 2.45) is 0 Å². The molecule has 114 valence electrons. The number of pyridine rings is 1. The van der Waals surface area contributed by atoms with Gasteiger partial charge in [-0.3, -0.25) is 4.79 Å². The number of anilines is 1. The molecule has 1 aromatic rings. The molecule has 0 aliphatic carbocycles. The van der Waals surface area contributed by atoms with E-state index >= 15 is 0 Å². The molecule has 1 aliphatic heterocycles. The van der Waals surface area contributed by atoms with Crippen LogP contribution in [0.5, 0.6) is 0 Å². The Balaban J connectivity index is 1.92. The minimum Gasteiger partial charge on any atom is -0.450 e. The molecular weight excluding hydrogens is 270 g/mol. The van der Waals surface area contributed by atoms with Gasteiger partial charge in [0.2, 0.25) is 0 Å². The largest absolute Gasteiger partial charge is 0.450 e. The lowest BCUT2D eigenvalue weighted by molar-refractivity contribution is 0.0983. The number of nitrogens with zero attached hydrogens (tertiary/aromatic N) is 2. The van der Waals surface area contributed by atoms with E-state index in [0.717, 1.165) is 12.8 Å². The fraction of sp³-hybridized carbons (Fsp3) is 0.533. The van der Waals surface area contributed by atoms with Gasteiger partial charge in [-0.2, -0.15) is 0 Å². The minimum atomic E-state index is -0.252. The Labute approximate surface area is 124 Å². The van der Waals surface area contributed by atoms with Crippen LogP contribution >= 0.6 is 0 Å². The number of carbonyl (C=O) groups excluding carboxylic acids is 2. The Morgan fingerprint density at radius 1 is 1.43 bits per heavy atom. The van der Waals surface area contributed by atoms with Crippen molar-refractivity contribution < 1.29 is 14.3 Å². The van der Waals surface area contributed by atoms with Crippen molar-refractivity contribution in [2.75, 3.05) is 25.0 Å². The van der Waals surface area contributed by atoms with E-state index in [1.807, 2.05) is 0 Å². The van der Waals surface area contributed by atoms with Gasteiger partial charge in [-0.25, -0.2) is 9.78 Å². The van der Waals surface area contributed by atoms with Gasteiger partial charge >= 0.3 is 6.09 Å². The van der Waals surface area contributed by atoms with Crippen LogP contribution in [-0.4, -0.2) is 47.5 Å². The molecule has 0 unspecified atom stereocenters. The first kappa shape index (κ1) is 15.3. The van der Waals surface area contributed by atoms with E-state index in [-0.39, 0.29) is 17.9 Å². The molecule has 1 N–H and O–H groups in total. The Bertz CT molecular complexity index is 511. The van der Waals surface area contributed by atoms with Gasteiger partial charge in [-0.05, 0) is 38.8 Å². The smallest absolute Gasteiger partial charge is 0.409 e. The van der Waals surface area contributed by atoms with Crippen molar-refractivity contribution in [1.82, 2.24) is 9.88 Å². The maximum absolute atomic E-state index is 11.6. The maximum Gasteiger partial charge on any atom is 0.409 e. The molecule has 0 atom stereocenters. The number of hydrogen-bond donors (Lipinski definition) is 1. The normalized spacial score (nSPS) is 15.6. The zero-order valence-corrected chi connectivity index (χ0v) is 12.5. The van der Waals surface area contributed by atoms with Crippen LogP contribution in [0.4, 0.5) is 10.6 Å². The molecule has 0 radical (unpaired) electrons. The SMILES string of the molecule is CCOC(=O)N1CCC(Nc2ncccc2C(C)=O)CC1. The summed E-state index contributed by atoms with van der Waals surface area (Å²) in [6.07, 6.45) is 3.04. The first-order valence-corrected chi connectivity index (χ1v) is 7.26. The van der Waals surface area contributed by atoms with Crippen molar-refractivity contribution >= 4 is 17.7 Å². The molecule has 0 aromatic carbocycles. The van der Waals surface area contributed by atoms with E-state index in [0.29, 0.717) is 31.1 Å². The molecule has 1 saturated heterocycles. The number of rotatable bonds is 4. The van der Waals surface area contributed by atoms with E-state index in [1.165, 1.54) is 6.92 Å². The number of Topliss-reactive ketones (excluding diaryl/α,β-unsaturated/α-hetero) is 1. The van der Waals surface area contributed by atoms with Gasteiger partial charge in [-0.15, -0.1) is 0 Å². The molecular formula is C15H21N3O3. The summed E-state index contributed by atoms with van der Waals surface area (Å²) in [4.78, 5) is 29.2. The third-order valence-corrected chi connectivity index (χ3v) is 3.55. The van der Waals surface area contributed by atoms with E-state index < -0.39 is 0 Å². The van der Waals surface area contributed by atoms with E-state index in [2.05, 4.69) is 10.3 Å². The lowest BCUT2D eigenvalue weighted by Crippen LogP contribution is -2.42. The maximum atomic E-state index is 11.6. The van der Waals surface area contributed by atoms with Gasteiger partial charge in [0.25, 0.3) is 0 Å². The third-order valence-electron chi connectivity index (χ3n) is 3.55. The van der Waals surface area contributed by atoms with Crippen molar-refractivity contribution in [3.8, 4) is 0 Å². The molecule has 1 amide bonds. The number of nitrogens with one attached hydrogen (secondary N) is 1. The van der Waals surface area contributed by atoms with Crippen molar-refractivity contribution in [1.29, 1.82) is 0 Å². The summed E-state index contributed by atoms with van der Waals surface area (Å²) >= 11 is 0. The molecule has 2 rings (SSSR count). The molecule has 2 heterocycles. The van der Waals surface area contributed by atoms with Gasteiger partial charge in [0.1, 0.15) is 5.82 Å². The highest BCUT2D eigenvalue weighted by molar-refractivity contribution is 5.98. The highest BCUT2D eigenvalue weighted by Crippen LogP contribution is 2.19. The van der Waals surface area contributed by atoms with Crippen LogP contribution in [0.2, 0.25) is 0 Å². The summed E-state index contributed by atoms with van der Waals surface area (Å²) in [5.74, 6) is 0.620. The second kappa shape index (κ2) is 7.06. The first-order valence-electron chi connectivity index (χ1n) is 7.26. The summed E-state index contributed by atoms with van der Waals surface area (Å²) in [5, 5.41) is 3.31. The van der Waals surface area contributed by atoms with Crippen LogP contribution < -0.4 is 5.32 Å². The van der Waals surface area contributed by atoms with Crippen LogP contribution in [0.15, 0.2) is 18.3 Å². The first-order chi connectivity index (χ1) is 10.1. The van der Waals surface area contributed by atoms with E-state index in [9.17, 15) is 9.59 Å². The molecule has 0 spiro atoms. The van der Waals surface area contributed by atoms with Gasteiger partial charge in [0.05, 0.1) is 12.2 Å². The third kappa shape index (κ3) is 3.93.